The second kappa shape index (κ2) is 12.5. The molecule has 0 fully saturated rings. The van der Waals surface area contributed by atoms with Gasteiger partial charge in [0.15, 0.2) is 0 Å². The van der Waals surface area contributed by atoms with E-state index in [0.717, 1.165) is 29.4 Å². The van der Waals surface area contributed by atoms with Crippen molar-refractivity contribution in [2.75, 3.05) is 6.61 Å². The lowest BCUT2D eigenvalue weighted by molar-refractivity contribution is 0.302. The Hall–Kier alpha value is -0.0200. The molecule has 3 heteroatoms. The molecule has 0 aromatic heterocycles. The number of hydrogen-bond acceptors (Lipinski definition) is 1. The maximum atomic E-state index is 5.96. The van der Waals surface area contributed by atoms with E-state index < -0.39 is 0 Å². The van der Waals surface area contributed by atoms with E-state index in [-0.39, 0.29) is 0 Å². The molecule has 120 valence electrons. The third-order valence-electron chi connectivity index (χ3n) is 3.69. The molecule has 0 atom stereocenters. The third-order valence-corrected chi connectivity index (χ3v) is 4.94. The fourth-order valence-electron chi connectivity index (χ4n) is 2.34. The van der Waals surface area contributed by atoms with Gasteiger partial charge in [0.05, 0.1) is 6.61 Å². The highest BCUT2D eigenvalue weighted by Gasteiger charge is 2.04. The summed E-state index contributed by atoms with van der Waals surface area (Å²) in [5.41, 5.74) is 2.50. The maximum absolute atomic E-state index is 5.96. The molecule has 0 heterocycles. The lowest BCUT2D eigenvalue weighted by Gasteiger charge is -2.11. The standard InChI is InChI=1S/C18H28Br2O/c1-2-3-4-5-6-7-8-9-12-21-18-13-16(14-19)10-11-17(18)15-20/h10-11,13H,2-9,12,14-15H2,1H3. The van der Waals surface area contributed by atoms with E-state index in [1.165, 1.54) is 56.1 Å². The summed E-state index contributed by atoms with van der Waals surface area (Å²) in [6, 6.07) is 6.44. The number of hydrogen-bond donors (Lipinski definition) is 0. The van der Waals surface area contributed by atoms with Crippen molar-refractivity contribution in [3.63, 3.8) is 0 Å². The van der Waals surface area contributed by atoms with E-state index in [4.69, 9.17) is 4.74 Å². The number of unbranched alkanes of at least 4 members (excludes halogenated alkanes) is 7. The Kier molecular flexibility index (Phi) is 11.3. The zero-order valence-corrected chi connectivity index (χ0v) is 16.3. The Balaban J connectivity index is 2.17. The van der Waals surface area contributed by atoms with E-state index in [0.29, 0.717) is 0 Å². The van der Waals surface area contributed by atoms with Crippen LogP contribution in [-0.2, 0) is 10.7 Å². The second-order valence-corrected chi connectivity index (χ2v) is 6.65. The minimum Gasteiger partial charge on any atom is -0.493 e. The first-order chi connectivity index (χ1) is 10.3. The summed E-state index contributed by atoms with van der Waals surface area (Å²) >= 11 is 7.03. The highest BCUT2D eigenvalue weighted by Crippen LogP contribution is 2.24. The van der Waals surface area contributed by atoms with Crippen LogP contribution in [0.5, 0.6) is 5.75 Å². The molecule has 0 saturated carbocycles. The van der Waals surface area contributed by atoms with Crippen molar-refractivity contribution >= 4 is 31.9 Å². The third kappa shape index (κ3) is 8.25. The van der Waals surface area contributed by atoms with Crippen LogP contribution in [0.4, 0.5) is 0 Å². The van der Waals surface area contributed by atoms with Crippen LogP contribution >= 0.6 is 31.9 Å². The van der Waals surface area contributed by atoms with Crippen LogP contribution in [0.15, 0.2) is 18.2 Å². The van der Waals surface area contributed by atoms with E-state index in [2.05, 4.69) is 57.0 Å². The number of ether oxygens (including phenoxy) is 1. The molecule has 0 aliphatic rings. The van der Waals surface area contributed by atoms with Gasteiger partial charge in [-0.15, -0.1) is 0 Å². The van der Waals surface area contributed by atoms with Crippen molar-refractivity contribution < 1.29 is 4.74 Å². The van der Waals surface area contributed by atoms with E-state index in [1.807, 2.05) is 0 Å². The first-order valence-corrected chi connectivity index (χ1v) is 10.4. The summed E-state index contributed by atoms with van der Waals surface area (Å²) in [5, 5.41) is 1.73. The highest BCUT2D eigenvalue weighted by atomic mass is 79.9. The van der Waals surface area contributed by atoms with Crippen molar-refractivity contribution in [3.8, 4) is 5.75 Å². The van der Waals surface area contributed by atoms with Gasteiger partial charge in [0.25, 0.3) is 0 Å². The maximum Gasteiger partial charge on any atom is 0.123 e. The summed E-state index contributed by atoms with van der Waals surface area (Å²) in [4.78, 5) is 0. The predicted octanol–water partition coefficient (Wildman–Crippen LogP) is 7.00. The van der Waals surface area contributed by atoms with Gasteiger partial charge < -0.3 is 4.74 Å². The SMILES string of the molecule is CCCCCCCCCCOc1cc(CBr)ccc1CBr. The van der Waals surface area contributed by atoms with Crippen LogP contribution in [0.25, 0.3) is 0 Å². The Labute approximate surface area is 147 Å². The van der Waals surface area contributed by atoms with E-state index in [1.54, 1.807) is 0 Å². The lowest BCUT2D eigenvalue weighted by Crippen LogP contribution is -2.00. The van der Waals surface area contributed by atoms with Gasteiger partial charge in [0.2, 0.25) is 0 Å². The van der Waals surface area contributed by atoms with E-state index in [9.17, 15) is 0 Å². The quantitative estimate of drug-likeness (QED) is 0.262. The number of benzene rings is 1. The monoisotopic (exact) mass is 418 g/mol. The molecule has 0 spiro atoms. The van der Waals surface area contributed by atoms with Crippen LogP contribution in [0.2, 0.25) is 0 Å². The number of halogens is 2. The van der Waals surface area contributed by atoms with Gasteiger partial charge in [-0.25, -0.2) is 0 Å². The lowest BCUT2D eigenvalue weighted by atomic mass is 10.1. The summed E-state index contributed by atoms with van der Waals surface area (Å²) in [6.07, 6.45) is 10.7. The van der Waals surface area contributed by atoms with Gasteiger partial charge in [-0.1, -0.05) is 95.9 Å². The second-order valence-electron chi connectivity index (χ2n) is 5.53. The van der Waals surface area contributed by atoms with Crippen LogP contribution in [0, 0.1) is 0 Å². The number of rotatable bonds is 12. The molecule has 0 saturated heterocycles. The fourth-order valence-corrected chi connectivity index (χ4v) is 3.16. The van der Waals surface area contributed by atoms with Gasteiger partial charge in [-0.05, 0) is 18.1 Å². The minimum absolute atomic E-state index is 0.834. The average Bonchev–Trinajstić information content (AvgIpc) is 2.53. The zero-order chi connectivity index (χ0) is 15.3. The molecule has 0 unspecified atom stereocenters. The van der Waals surface area contributed by atoms with Crippen molar-refractivity contribution in [2.24, 2.45) is 0 Å². The minimum atomic E-state index is 0.834. The summed E-state index contributed by atoms with van der Waals surface area (Å²) in [7, 11) is 0. The zero-order valence-electron chi connectivity index (χ0n) is 13.2. The van der Waals surface area contributed by atoms with Crippen LogP contribution < -0.4 is 4.74 Å². The fraction of sp³-hybridized carbons (Fsp3) is 0.667. The van der Waals surface area contributed by atoms with Crippen LogP contribution in [-0.4, -0.2) is 6.61 Å². The first-order valence-electron chi connectivity index (χ1n) is 8.18. The largest absolute Gasteiger partial charge is 0.493 e. The number of alkyl halides is 2. The van der Waals surface area contributed by atoms with Crippen molar-refractivity contribution in [3.05, 3.63) is 29.3 Å². The Morgan fingerprint density at radius 2 is 1.52 bits per heavy atom. The molecule has 0 amide bonds. The Morgan fingerprint density at radius 1 is 0.857 bits per heavy atom. The van der Waals surface area contributed by atoms with Gasteiger partial charge in [-0.2, -0.15) is 0 Å². The van der Waals surface area contributed by atoms with Gasteiger partial charge in [0.1, 0.15) is 5.75 Å². The molecule has 0 bridgehead atoms. The molecule has 1 aromatic carbocycles. The van der Waals surface area contributed by atoms with Gasteiger partial charge in [-0.3, -0.25) is 0 Å². The summed E-state index contributed by atoms with van der Waals surface area (Å²) < 4.78 is 5.96. The average molecular weight is 420 g/mol. The van der Waals surface area contributed by atoms with Crippen molar-refractivity contribution in [1.82, 2.24) is 0 Å². The molecule has 0 aliphatic carbocycles. The molecule has 0 N–H and O–H groups in total. The molecule has 1 rings (SSSR count). The Bertz CT molecular complexity index is 379. The predicted molar refractivity (Wildman–Crippen MR) is 99.8 cm³/mol. The van der Waals surface area contributed by atoms with E-state index >= 15 is 0 Å². The van der Waals surface area contributed by atoms with Crippen LogP contribution in [0.3, 0.4) is 0 Å². The van der Waals surface area contributed by atoms with Crippen LogP contribution in [0.1, 0.15) is 69.4 Å². The van der Waals surface area contributed by atoms with Gasteiger partial charge >= 0.3 is 0 Å². The molecular weight excluding hydrogens is 392 g/mol. The van der Waals surface area contributed by atoms with Crippen molar-refractivity contribution in [1.29, 1.82) is 0 Å². The molecular formula is C18H28Br2O. The summed E-state index contributed by atoms with van der Waals surface area (Å²) in [5.74, 6) is 1.03. The normalized spacial score (nSPS) is 10.8. The smallest absolute Gasteiger partial charge is 0.123 e. The molecule has 0 aliphatic heterocycles. The Morgan fingerprint density at radius 3 is 2.14 bits per heavy atom. The summed E-state index contributed by atoms with van der Waals surface area (Å²) in [6.45, 7) is 3.10. The highest BCUT2D eigenvalue weighted by molar-refractivity contribution is 9.08. The molecule has 1 aromatic rings. The van der Waals surface area contributed by atoms with Crippen molar-refractivity contribution in [2.45, 2.75) is 69.0 Å². The molecule has 21 heavy (non-hydrogen) atoms. The molecule has 1 nitrogen and oxygen atoms in total. The molecule has 0 radical (unpaired) electrons. The van der Waals surface area contributed by atoms with Gasteiger partial charge in [0, 0.05) is 16.2 Å². The topological polar surface area (TPSA) is 9.23 Å². The first kappa shape index (κ1) is 19.0.